The SMILES string of the molecule is Cc1nc(-c2cc(F)ccc2C)c(CO)s1. The van der Waals surface area contributed by atoms with E-state index in [0.717, 1.165) is 21.0 Å². The van der Waals surface area contributed by atoms with Gasteiger partial charge < -0.3 is 5.11 Å². The van der Waals surface area contributed by atoms with Gasteiger partial charge in [-0.1, -0.05) is 6.07 Å². The number of nitrogens with zero attached hydrogens (tertiary/aromatic N) is 1. The van der Waals surface area contributed by atoms with Crippen molar-refractivity contribution in [3.63, 3.8) is 0 Å². The first-order valence-corrected chi connectivity index (χ1v) is 5.77. The maximum absolute atomic E-state index is 13.2. The molecule has 2 nitrogen and oxygen atoms in total. The third kappa shape index (κ3) is 1.99. The Labute approximate surface area is 97.4 Å². The van der Waals surface area contributed by atoms with Crippen LogP contribution in [0.5, 0.6) is 0 Å². The molecule has 2 rings (SSSR count). The van der Waals surface area contributed by atoms with Crippen LogP contribution in [-0.4, -0.2) is 10.1 Å². The van der Waals surface area contributed by atoms with Gasteiger partial charge >= 0.3 is 0 Å². The fourth-order valence-corrected chi connectivity index (χ4v) is 2.45. The van der Waals surface area contributed by atoms with Crippen LogP contribution in [-0.2, 0) is 6.61 Å². The Bertz CT molecular complexity index is 522. The van der Waals surface area contributed by atoms with Crippen LogP contribution in [0, 0.1) is 19.7 Å². The molecule has 4 heteroatoms. The van der Waals surface area contributed by atoms with Crippen LogP contribution < -0.4 is 0 Å². The number of aromatic nitrogens is 1. The Morgan fingerprint density at radius 3 is 2.81 bits per heavy atom. The average molecular weight is 237 g/mol. The van der Waals surface area contributed by atoms with Gasteiger partial charge in [0.1, 0.15) is 5.82 Å². The Morgan fingerprint density at radius 2 is 2.12 bits per heavy atom. The van der Waals surface area contributed by atoms with Gasteiger partial charge in [-0.15, -0.1) is 11.3 Å². The summed E-state index contributed by atoms with van der Waals surface area (Å²) in [7, 11) is 0. The summed E-state index contributed by atoms with van der Waals surface area (Å²) in [5, 5.41) is 10.1. The molecule has 0 saturated heterocycles. The zero-order chi connectivity index (χ0) is 11.7. The van der Waals surface area contributed by atoms with Crippen LogP contribution in [0.3, 0.4) is 0 Å². The second-order valence-corrected chi connectivity index (χ2v) is 4.91. The molecule has 0 aliphatic carbocycles. The maximum Gasteiger partial charge on any atom is 0.123 e. The molecule has 0 radical (unpaired) electrons. The van der Waals surface area contributed by atoms with Gasteiger partial charge in [0.05, 0.1) is 22.2 Å². The van der Waals surface area contributed by atoms with Gasteiger partial charge in [-0.3, -0.25) is 0 Å². The second-order valence-electron chi connectivity index (χ2n) is 3.62. The van der Waals surface area contributed by atoms with E-state index in [1.165, 1.54) is 23.5 Å². The fraction of sp³-hybridized carbons (Fsp3) is 0.250. The maximum atomic E-state index is 13.2. The highest BCUT2D eigenvalue weighted by molar-refractivity contribution is 7.12. The fourth-order valence-electron chi connectivity index (χ4n) is 1.64. The lowest BCUT2D eigenvalue weighted by Gasteiger charge is -2.04. The predicted octanol–water partition coefficient (Wildman–Crippen LogP) is 3.06. The molecule has 84 valence electrons. The van der Waals surface area contributed by atoms with Crippen LogP contribution in [0.25, 0.3) is 11.3 Å². The van der Waals surface area contributed by atoms with Gasteiger partial charge in [0.15, 0.2) is 0 Å². The lowest BCUT2D eigenvalue weighted by Crippen LogP contribution is -1.90. The molecule has 1 aromatic heterocycles. The van der Waals surface area contributed by atoms with Crippen molar-refractivity contribution in [3.8, 4) is 11.3 Å². The quantitative estimate of drug-likeness (QED) is 0.870. The van der Waals surface area contributed by atoms with Gasteiger partial charge in [0.2, 0.25) is 0 Å². The number of hydrogen-bond donors (Lipinski definition) is 1. The van der Waals surface area contributed by atoms with Crippen molar-refractivity contribution in [1.29, 1.82) is 0 Å². The van der Waals surface area contributed by atoms with Crippen LogP contribution in [0.2, 0.25) is 0 Å². The molecule has 0 atom stereocenters. The number of hydrogen-bond acceptors (Lipinski definition) is 3. The number of aliphatic hydroxyl groups excluding tert-OH is 1. The molecule has 1 heterocycles. The van der Waals surface area contributed by atoms with E-state index in [1.807, 2.05) is 13.8 Å². The van der Waals surface area contributed by atoms with E-state index in [0.29, 0.717) is 5.69 Å². The first-order valence-electron chi connectivity index (χ1n) is 4.95. The van der Waals surface area contributed by atoms with E-state index in [-0.39, 0.29) is 12.4 Å². The molecule has 0 unspecified atom stereocenters. The van der Waals surface area contributed by atoms with E-state index >= 15 is 0 Å². The van der Waals surface area contributed by atoms with Crippen LogP contribution in [0.4, 0.5) is 4.39 Å². The molecular formula is C12H12FNOS. The molecule has 0 saturated carbocycles. The summed E-state index contributed by atoms with van der Waals surface area (Å²) >= 11 is 1.44. The number of benzene rings is 1. The Morgan fingerprint density at radius 1 is 1.38 bits per heavy atom. The topological polar surface area (TPSA) is 33.1 Å². The van der Waals surface area contributed by atoms with Crippen LogP contribution in [0.15, 0.2) is 18.2 Å². The number of aryl methyl sites for hydroxylation is 2. The molecule has 1 aromatic carbocycles. The minimum absolute atomic E-state index is 0.0587. The van der Waals surface area contributed by atoms with E-state index in [2.05, 4.69) is 4.98 Å². The predicted molar refractivity (Wildman–Crippen MR) is 62.9 cm³/mol. The van der Waals surface area contributed by atoms with Gasteiger partial charge in [0.25, 0.3) is 0 Å². The van der Waals surface area contributed by atoms with Crippen molar-refractivity contribution in [2.24, 2.45) is 0 Å². The molecule has 0 aliphatic rings. The summed E-state index contributed by atoms with van der Waals surface area (Å²) in [4.78, 5) is 5.13. The number of halogens is 1. The van der Waals surface area contributed by atoms with E-state index in [4.69, 9.17) is 0 Å². The summed E-state index contributed by atoms with van der Waals surface area (Å²) in [5.41, 5.74) is 2.41. The first-order chi connectivity index (χ1) is 7.61. The summed E-state index contributed by atoms with van der Waals surface area (Å²) in [6.45, 7) is 3.73. The van der Waals surface area contributed by atoms with Gasteiger partial charge in [-0.05, 0) is 31.5 Å². The lowest BCUT2D eigenvalue weighted by molar-refractivity contribution is 0.286. The van der Waals surface area contributed by atoms with Crippen molar-refractivity contribution >= 4 is 11.3 Å². The molecule has 0 spiro atoms. The summed E-state index contributed by atoms with van der Waals surface area (Å²) in [6, 6.07) is 4.61. The zero-order valence-corrected chi connectivity index (χ0v) is 9.94. The molecule has 0 amide bonds. The van der Waals surface area contributed by atoms with E-state index in [1.54, 1.807) is 6.07 Å². The number of thiazole rings is 1. The van der Waals surface area contributed by atoms with Crippen molar-refractivity contribution in [3.05, 3.63) is 39.5 Å². The highest BCUT2D eigenvalue weighted by Gasteiger charge is 2.13. The molecule has 0 bridgehead atoms. The zero-order valence-electron chi connectivity index (χ0n) is 9.12. The first kappa shape index (κ1) is 11.2. The smallest absolute Gasteiger partial charge is 0.123 e. The largest absolute Gasteiger partial charge is 0.391 e. The lowest BCUT2D eigenvalue weighted by atomic mass is 10.0. The summed E-state index contributed by atoms with van der Waals surface area (Å²) in [5.74, 6) is -0.282. The minimum Gasteiger partial charge on any atom is -0.391 e. The molecule has 1 N–H and O–H groups in total. The standard InChI is InChI=1S/C12H12FNOS/c1-7-3-4-9(13)5-10(7)12-11(6-15)16-8(2)14-12/h3-5,15H,6H2,1-2H3. The third-order valence-corrected chi connectivity index (χ3v) is 3.36. The normalized spacial score (nSPS) is 10.8. The Hall–Kier alpha value is -1.26. The minimum atomic E-state index is -0.282. The van der Waals surface area contributed by atoms with Crippen molar-refractivity contribution < 1.29 is 9.50 Å². The summed E-state index contributed by atoms with van der Waals surface area (Å²) < 4.78 is 13.2. The van der Waals surface area contributed by atoms with Gasteiger partial charge in [0, 0.05) is 5.56 Å². The Kier molecular flexibility index (Phi) is 3.03. The van der Waals surface area contributed by atoms with E-state index in [9.17, 15) is 9.50 Å². The highest BCUT2D eigenvalue weighted by atomic mass is 32.1. The van der Waals surface area contributed by atoms with Crippen LogP contribution >= 0.6 is 11.3 Å². The molecule has 16 heavy (non-hydrogen) atoms. The molecule has 0 fully saturated rings. The van der Waals surface area contributed by atoms with Crippen molar-refractivity contribution in [2.75, 3.05) is 0 Å². The molecule has 2 aromatic rings. The van der Waals surface area contributed by atoms with Crippen molar-refractivity contribution in [2.45, 2.75) is 20.5 Å². The summed E-state index contributed by atoms with van der Waals surface area (Å²) in [6.07, 6.45) is 0. The van der Waals surface area contributed by atoms with Gasteiger partial charge in [-0.25, -0.2) is 9.37 Å². The number of rotatable bonds is 2. The average Bonchev–Trinajstić information content (AvgIpc) is 2.63. The number of aliphatic hydroxyl groups is 1. The van der Waals surface area contributed by atoms with Gasteiger partial charge in [-0.2, -0.15) is 0 Å². The Balaban J connectivity index is 2.61. The van der Waals surface area contributed by atoms with Crippen LogP contribution in [0.1, 0.15) is 15.4 Å². The monoisotopic (exact) mass is 237 g/mol. The molecular weight excluding hydrogens is 225 g/mol. The highest BCUT2D eigenvalue weighted by Crippen LogP contribution is 2.30. The van der Waals surface area contributed by atoms with E-state index < -0.39 is 0 Å². The molecule has 0 aliphatic heterocycles. The third-order valence-electron chi connectivity index (χ3n) is 2.40. The second kappa shape index (κ2) is 4.31. The van der Waals surface area contributed by atoms with Crippen molar-refractivity contribution in [1.82, 2.24) is 4.98 Å².